The molecule has 1 heteroatoms. The molecule has 0 aromatic heterocycles. The Morgan fingerprint density at radius 3 is 1.20 bits per heavy atom. The van der Waals surface area contributed by atoms with E-state index in [1.807, 2.05) is 0 Å². The molecule has 0 aliphatic carbocycles. The van der Waals surface area contributed by atoms with Crippen LogP contribution in [0.5, 0.6) is 0 Å². The predicted octanol–water partition coefficient (Wildman–Crippen LogP) is 4.13. The quantitative estimate of drug-likeness (QED) is 0.514. The third-order valence-electron chi connectivity index (χ3n) is 1.13. The van der Waals surface area contributed by atoms with Gasteiger partial charge in [-0.05, 0) is 11.8 Å². The predicted molar refractivity (Wildman–Crippen MR) is 58.9 cm³/mol. The standard InChI is InChI=1S/C5H12.C4H9I/c1-4-5(2)3;1-4(2)3-5/h5H,4H2,1-3H3;4H,3H2,1-2H3. The molecule has 0 saturated heterocycles. The van der Waals surface area contributed by atoms with Crippen LogP contribution >= 0.6 is 22.6 Å². The van der Waals surface area contributed by atoms with Crippen LogP contribution in [0.15, 0.2) is 0 Å². The second-order valence-corrected chi connectivity index (χ2v) is 4.23. The monoisotopic (exact) mass is 256 g/mol. The van der Waals surface area contributed by atoms with Gasteiger partial charge in [0.05, 0.1) is 0 Å². The van der Waals surface area contributed by atoms with Crippen molar-refractivity contribution in [3.05, 3.63) is 0 Å². The highest BCUT2D eigenvalue weighted by atomic mass is 127. The molecule has 0 bridgehead atoms. The van der Waals surface area contributed by atoms with Crippen LogP contribution in [-0.4, -0.2) is 4.43 Å². The zero-order chi connectivity index (χ0) is 8.57. The number of halogens is 1. The summed E-state index contributed by atoms with van der Waals surface area (Å²) in [6.07, 6.45) is 1.31. The van der Waals surface area contributed by atoms with Gasteiger partial charge in [-0.15, -0.1) is 0 Å². The molecule has 64 valence electrons. The molecule has 0 atom stereocenters. The second-order valence-electron chi connectivity index (χ2n) is 3.35. The zero-order valence-corrected chi connectivity index (χ0v) is 10.1. The first kappa shape index (κ1) is 13.3. The van der Waals surface area contributed by atoms with E-state index in [1.54, 1.807) is 0 Å². The lowest BCUT2D eigenvalue weighted by Crippen LogP contribution is -1.82. The largest absolute Gasteiger partial charge is 0.0861 e. The summed E-state index contributed by atoms with van der Waals surface area (Å²) in [6.45, 7) is 11.1. The molecule has 0 aliphatic rings. The van der Waals surface area contributed by atoms with E-state index in [-0.39, 0.29) is 0 Å². The second kappa shape index (κ2) is 9.73. The first-order valence-corrected chi connectivity index (χ1v) is 5.63. The van der Waals surface area contributed by atoms with Crippen molar-refractivity contribution in [3.8, 4) is 0 Å². The third kappa shape index (κ3) is 23.3. The number of rotatable bonds is 2. The Labute approximate surface area is 79.9 Å². The van der Waals surface area contributed by atoms with E-state index in [9.17, 15) is 0 Å². The molecule has 0 radical (unpaired) electrons. The molecule has 0 amide bonds. The Morgan fingerprint density at radius 1 is 1.00 bits per heavy atom. The molecule has 0 spiro atoms. The van der Waals surface area contributed by atoms with Crippen LogP contribution in [-0.2, 0) is 0 Å². The van der Waals surface area contributed by atoms with Crippen molar-refractivity contribution in [2.24, 2.45) is 11.8 Å². The Balaban J connectivity index is 0. The van der Waals surface area contributed by atoms with E-state index in [0.29, 0.717) is 0 Å². The van der Waals surface area contributed by atoms with E-state index >= 15 is 0 Å². The summed E-state index contributed by atoms with van der Waals surface area (Å²) in [5, 5.41) is 0. The first-order chi connectivity index (χ1) is 4.54. The average molecular weight is 256 g/mol. The van der Waals surface area contributed by atoms with Gasteiger partial charge in [-0.3, -0.25) is 0 Å². The highest BCUT2D eigenvalue weighted by molar-refractivity contribution is 14.1. The van der Waals surface area contributed by atoms with Gasteiger partial charge in [-0.25, -0.2) is 0 Å². The van der Waals surface area contributed by atoms with Crippen molar-refractivity contribution >= 4 is 22.6 Å². The number of alkyl halides is 1. The van der Waals surface area contributed by atoms with Crippen LogP contribution in [0.25, 0.3) is 0 Å². The van der Waals surface area contributed by atoms with Crippen molar-refractivity contribution in [2.75, 3.05) is 4.43 Å². The van der Waals surface area contributed by atoms with Crippen LogP contribution < -0.4 is 0 Å². The molecule has 0 aromatic carbocycles. The summed E-state index contributed by atoms with van der Waals surface area (Å²) in [4.78, 5) is 0. The Hall–Kier alpha value is 0.730. The van der Waals surface area contributed by atoms with Crippen LogP contribution in [0.2, 0.25) is 0 Å². The molecule has 0 nitrogen and oxygen atoms in total. The van der Waals surface area contributed by atoms with Crippen molar-refractivity contribution < 1.29 is 0 Å². The lowest BCUT2D eigenvalue weighted by atomic mass is 10.2. The SMILES string of the molecule is CC(C)CI.CCC(C)C. The first-order valence-electron chi connectivity index (χ1n) is 4.10. The molecular formula is C9H21I. The molecule has 10 heavy (non-hydrogen) atoms. The average Bonchev–Trinajstić information content (AvgIpc) is 1.89. The Kier molecular flexibility index (Phi) is 13.0. The van der Waals surface area contributed by atoms with Gasteiger partial charge in [0.2, 0.25) is 0 Å². The van der Waals surface area contributed by atoms with Gasteiger partial charge in [0.15, 0.2) is 0 Å². The van der Waals surface area contributed by atoms with Gasteiger partial charge < -0.3 is 0 Å². The van der Waals surface area contributed by atoms with E-state index in [4.69, 9.17) is 0 Å². The van der Waals surface area contributed by atoms with Gasteiger partial charge in [-0.2, -0.15) is 0 Å². The van der Waals surface area contributed by atoms with Crippen molar-refractivity contribution in [1.82, 2.24) is 0 Å². The van der Waals surface area contributed by atoms with Crippen LogP contribution in [0.4, 0.5) is 0 Å². The summed E-state index contributed by atoms with van der Waals surface area (Å²) in [5.41, 5.74) is 0. The van der Waals surface area contributed by atoms with Gasteiger partial charge >= 0.3 is 0 Å². The van der Waals surface area contributed by atoms with Gasteiger partial charge in [0.25, 0.3) is 0 Å². The van der Waals surface area contributed by atoms with E-state index in [0.717, 1.165) is 11.8 Å². The fraction of sp³-hybridized carbons (Fsp3) is 1.00. The maximum Gasteiger partial charge on any atom is 0.00184 e. The fourth-order valence-electron chi connectivity index (χ4n) is 0. The molecule has 0 rings (SSSR count). The van der Waals surface area contributed by atoms with Gasteiger partial charge in [0.1, 0.15) is 0 Å². The zero-order valence-electron chi connectivity index (χ0n) is 7.95. The minimum absolute atomic E-state index is 0.871. The highest BCUT2D eigenvalue weighted by Gasteiger charge is 1.81. The topological polar surface area (TPSA) is 0 Å². The smallest absolute Gasteiger partial charge is 0.00184 e. The third-order valence-corrected chi connectivity index (χ3v) is 2.89. The Bertz CT molecular complexity index is 40.7. The lowest BCUT2D eigenvalue weighted by Gasteiger charge is -1.90. The summed E-state index contributed by atoms with van der Waals surface area (Å²) in [5.74, 6) is 1.76. The fourth-order valence-corrected chi connectivity index (χ4v) is 0. The minimum Gasteiger partial charge on any atom is -0.0861 e. The maximum atomic E-state index is 2.38. The van der Waals surface area contributed by atoms with Crippen molar-refractivity contribution in [1.29, 1.82) is 0 Å². The lowest BCUT2D eigenvalue weighted by molar-refractivity contribution is 0.626. The van der Waals surface area contributed by atoms with Crippen molar-refractivity contribution in [3.63, 3.8) is 0 Å². The van der Waals surface area contributed by atoms with Crippen molar-refractivity contribution in [2.45, 2.75) is 41.0 Å². The number of hydrogen-bond acceptors (Lipinski definition) is 0. The molecule has 0 fully saturated rings. The summed E-state index contributed by atoms with van der Waals surface area (Å²) >= 11 is 2.38. The van der Waals surface area contributed by atoms with Crippen LogP contribution in [0.3, 0.4) is 0 Å². The van der Waals surface area contributed by atoms with Crippen LogP contribution in [0.1, 0.15) is 41.0 Å². The minimum atomic E-state index is 0.871. The Morgan fingerprint density at radius 2 is 1.20 bits per heavy atom. The summed E-state index contributed by atoms with van der Waals surface area (Å²) in [7, 11) is 0. The van der Waals surface area contributed by atoms with E-state index < -0.39 is 0 Å². The van der Waals surface area contributed by atoms with E-state index in [1.165, 1.54) is 10.8 Å². The summed E-state index contributed by atoms with van der Waals surface area (Å²) < 4.78 is 1.28. The summed E-state index contributed by atoms with van der Waals surface area (Å²) in [6, 6.07) is 0. The molecule has 0 N–H and O–H groups in total. The molecule has 0 aliphatic heterocycles. The van der Waals surface area contributed by atoms with Crippen LogP contribution in [0, 0.1) is 11.8 Å². The van der Waals surface area contributed by atoms with Gasteiger partial charge in [-0.1, -0.05) is 63.6 Å². The molecule has 0 unspecified atom stereocenters. The molecule has 0 heterocycles. The normalized spacial score (nSPS) is 9.60. The molecular weight excluding hydrogens is 235 g/mol. The molecule has 0 saturated carbocycles. The number of hydrogen-bond donors (Lipinski definition) is 0. The maximum absolute atomic E-state index is 2.38. The molecule has 0 aromatic rings. The van der Waals surface area contributed by atoms with E-state index in [2.05, 4.69) is 57.2 Å². The highest BCUT2D eigenvalue weighted by Crippen LogP contribution is 1.95. The van der Waals surface area contributed by atoms with Gasteiger partial charge in [0, 0.05) is 4.43 Å².